The molecule has 1 aromatic heterocycles. The van der Waals surface area contributed by atoms with E-state index >= 15 is 0 Å². The van der Waals surface area contributed by atoms with Crippen molar-refractivity contribution in [1.82, 2.24) is 4.57 Å². The molecular formula is C32H24ClN2O+. The lowest BCUT2D eigenvalue weighted by molar-refractivity contribution is -0.583. The molecule has 0 unspecified atom stereocenters. The van der Waals surface area contributed by atoms with E-state index < -0.39 is 0 Å². The molecule has 0 spiro atoms. The molecule has 0 aliphatic rings. The van der Waals surface area contributed by atoms with Crippen LogP contribution >= 0.6 is 11.6 Å². The molecule has 1 heterocycles. The third-order valence-electron chi connectivity index (χ3n) is 6.51. The number of hydrogen-bond acceptors (Lipinski definition) is 1. The van der Waals surface area contributed by atoms with Crippen molar-refractivity contribution in [3.8, 4) is 28.4 Å². The van der Waals surface area contributed by atoms with Crippen molar-refractivity contribution >= 4 is 22.4 Å². The molecule has 0 bridgehead atoms. The Morgan fingerprint density at radius 1 is 0.694 bits per heavy atom. The molecule has 0 aliphatic carbocycles. The average Bonchev–Trinajstić information content (AvgIpc) is 3.29. The van der Waals surface area contributed by atoms with Crippen LogP contribution in [0.5, 0.6) is 5.75 Å². The molecule has 0 saturated carbocycles. The summed E-state index contributed by atoms with van der Waals surface area (Å²) in [6.07, 6.45) is 2.88. The zero-order valence-corrected chi connectivity index (χ0v) is 20.3. The molecule has 174 valence electrons. The second-order valence-corrected chi connectivity index (χ2v) is 9.30. The van der Waals surface area contributed by atoms with Gasteiger partial charge in [0.25, 0.3) is 6.33 Å². The normalized spacial score (nSPS) is 11.1. The highest BCUT2D eigenvalue weighted by Gasteiger charge is 2.27. The zero-order valence-electron chi connectivity index (χ0n) is 19.6. The van der Waals surface area contributed by atoms with Crippen LogP contribution in [-0.4, -0.2) is 9.67 Å². The van der Waals surface area contributed by atoms with Crippen molar-refractivity contribution < 1.29 is 9.67 Å². The van der Waals surface area contributed by atoms with Crippen LogP contribution in [0.25, 0.3) is 33.4 Å². The minimum absolute atomic E-state index is 0.242. The first-order valence-corrected chi connectivity index (χ1v) is 12.3. The van der Waals surface area contributed by atoms with E-state index in [9.17, 15) is 5.11 Å². The molecule has 1 N–H and O–H groups in total. The van der Waals surface area contributed by atoms with Crippen molar-refractivity contribution in [2.75, 3.05) is 0 Å². The van der Waals surface area contributed by atoms with Gasteiger partial charge in [-0.05, 0) is 77.0 Å². The summed E-state index contributed by atoms with van der Waals surface area (Å²) >= 11 is 6.26. The van der Waals surface area contributed by atoms with Crippen molar-refractivity contribution in [3.05, 3.63) is 144 Å². The monoisotopic (exact) mass is 487 g/mol. The maximum atomic E-state index is 9.92. The van der Waals surface area contributed by atoms with Crippen LogP contribution < -0.4 is 4.57 Å². The predicted octanol–water partition coefficient (Wildman–Crippen LogP) is 7.52. The summed E-state index contributed by atoms with van der Waals surface area (Å²) in [6, 6.07) is 40.8. The van der Waals surface area contributed by atoms with Gasteiger partial charge < -0.3 is 5.11 Å². The number of hydrogen-bond donors (Lipinski definition) is 1. The van der Waals surface area contributed by atoms with Crippen LogP contribution in [-0.2, 0) is 6.42 Å². The number of rotatable bonds is 5. The second-order valence-electron chi connectivity index (χ2n) is 8.87. The van der Waals surface area contributed by atoms with Gasteiger partial charge in [-0.25, -0.2) is 0 Å². The number of halogens is 1. The van der Waals surface area contributed by atoms with Crippen LogP contribution in [0.15, 0.2) is 128 Å². The first-order valence-electron chi connectivity index (χ1n) is 11.9. The van der Waals surface area contributed by atoms with Crippen molar-refractivity contribution in [3.63, 3.8) is 0 Å². The van der Waals surface area contributed by atoms with Crippen LogP contribution in [0, 0.1) is 0 Å². The van der Waals surface area contributed by atoms with E-state index in [-0.39, 0.29) is 5.75 Å². The van der Waals surface area contributed by atoms with Gasteiger partial charge in [-0.3, -0.25) is 0 Å². The number of nitrogens with zero attached hydrogens (tertiary/aromatic N) is 2. The Bertz CT molecular complexity index is 1650. The fourth-order valence-electron chi connectivity index (χ4n) is 4.73. The standard InChI is InChI=1S/C32H23ClN2O/c33-27-13-10-25(11-14-27)32-31(20-23-6-2-1-3-7-23)34(22-35(32)28-16-18-30(36)19-17-28)29-15-12-24-8-4-5-9-26(24)21-29/h1-19,21-22H,20H2/p+1. The Hall–Kier alpha value is -4.34. The lowest BCUT2D eigenvalue weighted by Gasteiger charge is -2.07. The molecule has 0 radical (unpaired) electrons. The fraction of sp³-hybridized carbons (Fsp3) is 0.0312. The van der Waals surface area contributed by atoms with E-state index in [0.717, 1.165) is 34.7 Å². The second kappa shape index (κ2) is 9.37. The third kappa shape index (κ3) is 4.26. The van der Waals surface area contributed by atoms with Gasteiger partial charge in [0.15, 0.2) is 11.4 Å². The van der Waals surface area contributed by atoms with Crippen molar-refractivity contribution in [1.29, 1.82) is 0 Å². The molecule has 6 aromatic rings. The molecule has 0 fully saturated rings. The van der Waals surface area contributed by atoms with Gasteiger partial charge in [0.05, 0.1) is 0 Å². The lowest BCUT2D eigenvalue weighted by atomic mass is 10.0. The number of benzene rings is 5. The Labute approximate surface area is 215 Å². The molecule has 4 heteroatoms. The summed E-state index contributed by atoms with van der Waals surface area (Å²) < 4.78 is 4.46. The first kappa shape index (κ1) is 22.1. The fourth-order valence-corrected chi connectivity index (χ4v) is 4.85. The number of phenolic OH excluding ortho intramolecular Hbond substituents is 1. The van der Waals surface area contributed by atoms with Crippen LogP contribution in [0.2, 0.25) is 5.02 Å². The maximum absolute atomic E-state index is 9.92. The van der Waals surface area contributed by atoms with Crippen LogP contribution in [0.4, 0.5) is 0 Å². The Balaban J connectivity index is 1.64. The highest BCUT2D eigenvalue weighted by molar-refractivity contribution is 6.30. The van der Waals surface area contributed by atoms with E-state index in [4.69, 9.17) is 11.6 Å². The van der Waals surface area contributed by atoms with E-state index in [1.54, 1.807) is 12.1 Å². The molecule has 6 rings (SSSR count). The summed E-state index contributed by atoms with van der Waals surface area (Å²) in [7, 11) is 0. The summed E-state index contributed by atoms with van der Waals surface area (Å²) in [5.41, 5.74) is 6.59. The van der Waals surface area contributed by atoms with Gasteiger partial charge in [-0.1, -0.05) is 72.3 Å². The number of aromatic hydroxyl groups is 1. The van der Waals surface area contributed by atoms with Gasteiger partial charge >= 0.3 is 0 Å². The molecule has 0 amide bonds. The predicted molar refractivity (Wildman–Crippen MR) is 146 cm³/mol. The topological polar surface area (TPSA) is 29.0 Å². The van der Waals surface area contributed by atoms with Gasteiger partial charge in [0.1, 0.15) is 17.1 Å². The van der Waals surface area contributed by atoms with Gasteiger partial charge in [0, 0.05) is 17.0 Å². The quantitative estimate of drug-likeness (QED) is 0.250. The smallest absolute Gasteiger partial charge is 0.254 e. The highest BCUT2D eigenvalue weighted by Crippen LogP contribution is 2.30. The molecule has 0 aliphatic heterocycles. The van der Waals surface area contributed by atoms with E-state index in [2.05, 4.69) is 94.3 Å². The highest BCUT2D eigenvalue weighted by atomic mass is 35.5. The van der Waals surface area contributed by atoms with Crippen molar-refractivity contribution in [2.24, 2.45) is 0 Å². The SMILES string of the molecule is Oc1ccc(-[n+]2cn(-c3ccc4ccccc4c3)c(Cc3ccccc3)c2-c2ccc(Cl)cc2)cc1. The molecule has 36 heavy (non-hydrogen) atoms. The van der Waals surface area contributed by atoms with E-state index in [0.29, 0.717) is 5.02 Å². The van der Waals surface area contributed by atoms with Gasteiger partial charge in [-0.2, -0.15) is 9.13 Å². The molecule has 0 atom stereocenters. The van der Waals surface area contributed by atoms with Gasteiger partial charge in [-0.15, -0.1) is 0 Å². The average molecular weight is 488 g/mol. The lowest BCUT2D eigenvalue weighted by Crippen LogP contribution is -2.31. The molecule has 5 aromatic carbocycles. The largest absolute Gasteiger partial charge is 0.508 e. The zero-order chi connectivity index (χ0) is 24.5. The third-order valence-corrected chi connectivity index (χ3v) is 6.76. The maximum Gasteiger partial charge on any atom is 0.254 e. The minimum atomic E-state index is 0.242. The Morgan fingerprint density at radius 2 is 1.39 bits per heavy atom. The van der Waals surface area contributed by atoms with E-state index in [1.807, 2.05) is 30.3 Å². The summed E-state index contributed by atoms with van der Waals surface area (Å²) in [5.74, 6) is 0.242. The van der Waals surface area contributed by atoms with Gasteiger partial charge in [0.2, 0.25) is 0 Å². The number of aromatic nitrogens is 2. The Kier molecular flexibility index (Phi) is 5.76. The minimum Gasteiger partial charge on any atom is -0.508 e. The van der Waals surface area contributed by atoms with E-state index in [1.165, 1.54) is 16.3 Å². The molecular weight excluding hydrogens is 464 g/mol. The molecule has 3 nitrogen and oxygen atoms in total. The first-order chi connectivity index (χ1) is 17.7. The summed E-state index contributed by atoms with van der Waals surface area (Å²) in [4.78, 5) is 0. The summed E-state index contributed by atoms with van der Waals surface area (Å²) in [6.45, 7) is 0. The summed E-state index contributed by atoms with van der Waals surface area (Å²) in [5, 5.41) is 13.0. The van der Waals surface area contributed by atoms with Crippen molar-refractivity contribution in [2.45, 2.75) is 6.42 Å². The number of phenols is 1. The van der Waals surface area contributed by atoms with Crippen LogP contribution in [0.3, 0.4) is 0 Å². The number of imidazole rings is 1. The van der Waals surface area contributed by atoms with Crippen LogP contribution in [0.1, 0.15) is 11.3 Å². The molecule has 0 saturated heterocycles. The Morgan fingerprint density at radius 3 is 2.14 bits per heavy atom. The number of fused-ring (bicyclic) bond motifs is 1.